The summed E-state index contributed by atoms with van der Waals surface area (Å²) in [6.07, 6.45) is 7.40. The van der Waals surface area contributed by atoms with Crippen molar-refractivity contribution >= 4 is 10.2 Å². The van der Waals surface area contributed by atoms with Gasteiger partial charge >= 0.3 is 0 Å². The van der Waals surface area contributed by atoms with E-state index in [-0.39, 0.29) is 6.04 Å². The van der Waals surface area contributed by atoms with Gasteiger partial charge in [-0.3, -0.25) is 0 Å². The molecule has 0 aromatic heterocycles. The summed E-state index contributed by atoms with van der Waals surface area (Å²) in [5, 5.41) is 0. The predicted octanol–water partition coefficient (Wildman–Crippen LogP) is 1.21. The first-order valence-electron chi connectivity index (χ1n) is 7.08. The molecule has 0 atom stereocenters. The molecule has 0 aliphatic heterocycles. The molecule has 0 bridgehead atoms. The molecule has 0 aromatic rings. The summed E-state index contributed by atoms with van der Waals surface area (Å²) in [7, 11) is -3.33. The zero-order chi connectivity index (χ0) is 13.4. The van der Waals surface area contributed by atoms with Crippen molar-refractivity contribution in [3.8, 4) is 0 Å². The van der Waals surface area contributed by atoms with Crippen LogP contribution in [0.4, 0.5) is 0 Å². The first-order valence-corrected chi connectivity index (χ1v) is 8.52. The summed E-state index contributed by atoms with van der Waals surface area (Å²) >= 11 is 0. The van der Waals surface area contributed by atoms with Crippen LogP contribution in [0, 0.1) is 0 Å². The van der Waals surface area contributed by atoms with Crippen molar-refractivity contribution in [1.82, 2.24) is 9.03 Å². The summed E-state index contributed by atoms with van der Waals surface area (Å²) in [4.78, 5) is 0. The van der Waals surface area contributed by atoms with Crippen LogP contribution >= 0.6 is 0 Å². The van der Waals surface area contributed by atoms with Crippen LogP contribution in [0.15, 0.2) is 0 Å². The smallest absolute Gasteiger partial charge is 0.279 e. The first kappa shape index (κ1) is 15.9. The fourth-order valence-corrected chi connectivity index (χ4v) is 4.06. The SMILES string of the molecule is CCNS(=O)(=O)N(CCCN)C1CCCCCC1. The van der Waals surface area contributed by atoms with Gasteiger partial charge in [0.15, 0.2) is 0 Å². The lowest BCUT2D eigenvalue weighted by Crippen LogP contribution is -2.47. The topological polar surface area (TPSA) is 75.4 Å². The van der Waals surface area contributed by atoms with Crippen molar-refractivity contribution in [2.75, 3.05) is 19.6 Å². The summed E-state index contributed by atoms with van der Waals surface area (Å²) in [6, 6.07) is 0.156. The molecule has 0 aromatic carbocycles. The van der Waals surface area contributed by atoms with E-state index in [1.807, 2.05) is 6.92 Å². The maximum atomic E-state index is 12.2. The molecule has 0 unspecified atom stereocenters. The molecule has 1 fully saturated rings. The minimum Gasteiger partial charge on any atom is -0.330 e. The van der Waals surface area contributed by atoms with Gasteiger partial charge in [0.25, 0.3) is 10.2 Å². The highest BCUT2D eigenvalue weighted by Crippen LogP contribution is 2.23. The second-order valence-corrected chi connectivity index (χ2v) is 6.61. The Balaban J connectivity index is 2.75. The van der Waals surface area contributed by atoms with Gasteiger partial charge in [-0.05, 0) is 25.8 Å². The zero-order valence-electron chi connectivity index (χ0n) is 11.4. The second kappa shape index (κ2) is 8.09. The van der Waals surface area contributed by atoms with Crippen molar-refractivity contribution in [2.45, 2.75) is 57.9 Å². The number of hydrogen-bond acceptors (Lipinski definition) is 3. The molecule has 108 valence electrons. The number of rotatable bonds is 7. The van der Waals surface area contributed by atoms with Crippen LogP contribution in [0.2, 0.25) is 0 Å². The average molecular weight is 277 g/mol. The van der Waals surface area contributed by atoms with Crippen molar-refractivity contribution in [3.63, 3.8) is 0 Å². The van der Waals surface area contributed by atoms with Crippen LogP contribution in [0.5, 0.6) is 0 Å². The summed E-state index contributed by atoms with van der Waals surface area (Å²) in [5.41, 5.74) is 5.51. The van der Waals surface area contributed by atoms with Crippen molar-refractivity contribution < 1.29 is 8.42 Å². The van der Waals surface area contributed by atoms with Gasteiger partial charge in [0.1, 0.15) is 0 Å². The summed E-state index contributed by atoms with van der Waals surface area (Å²) in [6.45, 7) is 3.32. The van der Waals surface area contributed by atoms with E-state index in [1.165, 1.54) is 12.8 Å². The Kier molecular flexibility index (Phi) is 7.14. The monoisotopic (exact) mass is 277 g/mol. The average Bonchev–Trinajstić information content (AvgIpc) is 2.58. The van der Waals surface area contributed by atoms with E-state index < -0.39 is 10.2 Å². The lowest BCUT2D eigenvalue weighted by molar-refractivity contribution is 0.287. The maximum Gasteiger partial charge on any atom is 0.279 e. The van der Waals surface area contributed by atoms with E-state index in [4.69, 9.17) is 5.73 Å². The zero-order valence-corrected chi connectivity index (χ0v) is 12.2. The van der Waals surface area contributed by atoms with E-state index in [1.54, 1.807) is 4.31 Å². The highest BCUT2D eigenvalue weighted by atomic mass is 32.2. The van der Waals surface area contributed by atoms with Crippen LogP contribution in [-0.2, 0) is 10.2 Å². The molecule has 0 saturated heterocycles. The van der Waals surface area contributed by atoms with Crippen LogP contribution in [0.25, 0.3) is 0 Å². The number of nitrogens with one attached hydrogen (secondary N) is 1. The molecule has 1 aliphatic carbocycles. The maximum absolute atomic E-state index is 12.2. The van der Waals surface area contributed by atoms with Crippen molar-refractivity contribution in [1.29, 1.82) is 0 Å². The van der Waals surface area contributed by atoms with Gasteiger partial charge < -0.3 is 5.73 Å². The van der Waals surface area contributed by atoms with E-state index in [0.717, 1.165) is 32.1 Å². The third-order valence-corrected chi connectivity index (χ3v) is 5.20. The van der Waals surface area contributed by atoms with Crippen LogP contribution < -0.4 is 10.5 Å². The van der Waals surface area contributed by atoms with Crippen molar-refractivity contribution in [2.24, 2.45) is 5.73 Å². The summed E-state index contributed by atoms with van der Waals surface area (Å²) in [5.74, 6) is 0. The van der Waals surface area contributed by atoms with Gasteiger partial charge in [0, 0.05) is 19.1 Å². The molecule has 1 aliphatic rings. The molecule has 0 spiro atoms. The molecule has 0 amide bonds. The Labute approximate surface area is 111 Å². The quantitative estimate of drug-likeness (QED) is 0.687. The lowest BCUT2D eigenvalue weighted by atomic mass is 10.1. The Morgan fingerprint density at radius 3 is 2.33 bits per heavy atom. The largest absolute Gasteiger partial charge is 0.330 e. The molecule has 5 nitrogen and oxygen atoms in total. The highest BCUT2D eigenvalue weighted by Gasteiger charge is 2.29. The van der Waals surface area contributed by atoms with Gasteiger partial charge in [0.2, 0.25) is 0 Å². The lowest BCUT2D eigenvalue weighted by Gasteiger charge is -2.30. The number of hydrogen-bond donors (Lipinski definition) is 2. The van der Waals surface area contributed by atoms with Crippen molar-refractivity contribution in [3.05, 3.63) is 0 Å². The van der Waals surface area contributed by atoms with Crippen LogP contribution in [-0.4, -0.2) is 38.4 Å². The molecule has 0 radical (unpaired) electrons. The molecule has 6 heteroatoms. The van der Waals surface area contributed by atoms with Crippen LogP contribution in [0.3, 0.4) is 0 Å². The number of nitrogens with zero attached hydrogens (tertiary/aromatic N) is 1. The molecular weight excluding hydrogens is 250 g/mol. The van der Waals surface area contributed by atoms with E-state index >= 15 is 0 Å². The predicted molar refractivity (Wildman–Crippen MR) is 74.5 cm³/mol. The number of nitrogens with two attached hydrogens (primary N) is 1. The minimum absolute atomic E-state index is 0.156. The third-order valence-electron chi connectivity index (χ3n) is 3.45. The molecule has 0 heterocycles. The third kappa shape index (κ3) is 4.84. The molecular formula is C12H27N3O2S. The second-order valence-electron chi connectivity index (χ2n) is 4.90. The Hall–Kier alpha value is -0.170. The van der Waals surface area contributed by atoms with E-state index in [9.17, 15) is 8.42 Å². The van der Waals surface area contributed by atoms with Gasteiger partial charge in [-0.25, -0.2) is 4.72 Å². The summed E-state index contributed by atoms with van der Waals surface area (Å²) < 4.78 is 28.7. The molecule has 18 heavy (non-hydrogen) atoms. The normalized spacial score (nSPS) is 19.1. The van der Waals surface area contributed by atoms with Gasteiger partial charge in [-0.2, -0.15) is 12.7 Å². The molecule has 1 rings (SSSR count). The van der Waals surface area contributed by atoms with Gasteiger partial charge in [-0.1, -0.05) is 32.6 Å². The molecule has 3 N–H and O–H groups in total. The highest BCUT2D eigenvalue weighted by molar-refractivity contribution is 7.87. The first-order chi connectivity index (χ1) is 8.61. The standard InChI is InChI=1S/C12H27N3O2S/c1-2-14-18(16,17)15(11-7-10-13)12-8-5-3-4-6-9-12/h12,14H,2-11,13H2,1H3. The fourth-order valence-electron chi connectivity index (χ4n) is 2.56. The Bertz CT molecular complexity index is 311. The van der Waals surface area contributed by atoms with Gasteiger partial charge in [-0.15, -0.1) is 0 Å². The Morgan fingerprint density at radius 2 is 1.83 bits per heavy atom. The Morgan fingerprint density at radius 1 is 1.22 bits per heavy atom. The minimum atomic E-state index is -3.33. The fraction of sp³-hybridized carbons (Fsp3) is 1.00. The van der Waals surface area contributed by atoms with Gasteiger partial charge in [0.05, 0.1) is 0 Å². The van der Waals surface area contributed by atoms with E-state index in [2.05, 4.69) is 4.72 Å². The van der Waals surface area contributed by atoms with E-state index in [0.29, 0.717) is 19.6 Å². The van der Waals surface area contributed by atoms with Crippen LogP contribution in [0.1, 0.15) is 51.9 Å². The molecule has 1 saturated carbocycles.